The smallest absolute Gasteiger partial charge is 0.251 e. The second-order valence-corrected chi connectivity index (χ2v) is 11.0. The summed E-state index contributed by atoms with van der Waals surface area (Å²) < 4.78 is 26.0. The van der Waals surface area contributed by atoms with Crippen molar-refractivity contribution in [1.29, 1.82) is 0 Å². The molecule has 0 heterocycles. The molecule has 2 aromatic rings. The third-order valence-electron chi connectivity index (χ3n) is 6.20. The van der Waals surface area contributed by atoms with E-state index in [0.29, 0.717) is 17.2 Å². The number of nitrogens with zero attached hydrogens (tertiary/aromatic N) is 1. The fourth-order valence-corrected chi connectivity index (χ4v) is 6.01. The van der Waals surface area contributed by atoms with Gasteiger partial charge in [-0.2, -0.15) is 0 Å². The summed E-state index contributed by atoms with van der Waals surface area (Å²) in [5.41, 5.74) is 1.64. The lowest BCUT2D eigenvalue weighted by Gasteiger charge is -2.24. The summed E-state index contributed by atoms with van der Waals surface area (Å²) in [6.45, 7) is 0.0905. The molecule has 0 unspecified atom stereocenters. The van der Waals surface area contributed by atoms with Crippen LogP contribution in [0.2, 0.25) is 10.0 Å². The topological polar surface area (TPSA) is 66.5 Å². The molecule has 2 aliphatic carbocycles. The van der Waals surface area contributed by atoms with Crippen LogP contribution in [0.3, 0.4) is 0 Å². The SMILES string of the molecule is CS(=O)(=O)N(Cc1ccc(C(=O)N[C@@H]2C[C@H]3CC[C@H]2C3)cc1)c1cccc(Cl)c1Cl. The summed E-state index contributed by atoms with van der Waals surface area (Å²) in [5, 5.41) is 3.65. The zero-order chi connectivity index (χ0) is 21.5. The van der Waals surface area contributed by atoms with Gasteiger partial charge in [-0.15, -0.1) is 0 Å². The highest BCUT2D eigenvalue weighted by atomic mass is 35.5. The van der Waals surface area contributed by atoms with E-state index in [1.165, 1.54) is 23.6 Å². The lowest BCUT2D eigenvalue weighted by molar-refractivity contribution is 0.0923. The van der Waals surface area contributed by atoms with Crippen LogP contribution in [0.1, 0.15) is 41.6 Å². The van der Waals surface area contributed by atoms with Crippen molar-refractivity contribution in [3.63, 3.8) is 0 Å². The van der Waals surface area contributed by atoms with Gasteiger partial charge in [0.1, 0.15) is 0 Å². The van der Waals surface area contributed by atoms with Crippen LogP contribution >= 0.6 is 23.2 Å². The molecule has 2 fully saturated rings. The van der Waals surface area contributed by atoms with E-state index >= 15 is 0 Å². The van der Waals surface area contributed by atoms with E-state index in [1.54, 1.807) is 42.5 Å². The molecule has 1 amide bonds. The van der Waals surface area contributed by atoms with Crippen molar-refractivity contribution < 1.29 is 13.2 Å². The molecule has 4 rings (SSSR count). The number of anilines is 1. The Hall–Kier alpha value is -1.76. The van der Waals surface area contributed by atoms with Gasteiger partial charge in [0.05, 0.1) is 28.5 Å². The molecule has 2 aromatic carbocycles. The highest BCUT2D eigenvalue weighted by Crippen LogP contribution is 2.44. The van der Waals surface area contributed by atoms with Gasteiger partial charge in [0.25, 0.3) is 5.91 Å². The summed E-state index contributed by atoms with van der Waals surface area (Å²) in [7, 11) is -3.59. The van der Waals surface area contributed by atoms with Crippen LogP contribution in [-0.2, 0) is 16.6 Å². The molecule has 30 heavy (non-hydrogen) atoms. The average molecular weight is 467 g/mol. The van der Waals surface area contributed by atoms with Gasteiger partial charge >= 0.3 is 0 Å². The number of hydrogen-bond acceptors (Lipinski definition) is 3. The van der Waals surface area contributed by atoms with Crippen LogP contribution in [-0.4, -0.2) is 26.6 Å². The second kappa shape index (κ2) is 8.40. The van der Waals surface area contributed by atoms with Gasteiger partial charge in [-0.25, -0.2) is 8.42 Å². The molecule has 0 saturated heterocycles. The van der Waals surface area contributed by atoms with Gasteiger partial charge in [-0.3, -0.25) is 9.10 Å². The molecule has 0 aliphatic heterocycles. The van der Waals surface area contributed by atoms with Crippen molar-refractivity contribution in [1.82, 2.24) is 5.32 Å². The molecule has 2 bridgehead atoms. The van der Waals surface area contributed by atoms with Gasteiger partial charge in [-0.05, 0) is 60.9 Å². The molecule has 5 nitrogen and oxygen atoms in total. The third-order valence-corrected chi connectivity index (χ3v) is 8.13. The van der Waals surface area contributed by atoms with Crippen LogP contribution in [0.15, 0.2) is 42.5 Å². The fourth-order valence-electron chi connectivity index (χ4n) is 4.67. The maximum Gasteiger partial charge on any atom is 0.251 e. The quantitative estimate of drug-likeness (QED) is 0.659. The van der Waals surface area contributed by atoms with E-state index in [2.05, 4.69) is 5.32 Å². The lowest BCUT2D eigenvalue weighted by Crippen LogP contribution is -2.38. The summed E-state index contributed by atoms with van der Waals surface area (Å²) in [6, 6.07) is 12.2. The minimum absolute atomic E-state index is 0.0723. The van der Waals surface area contributed by atoms with E-state index in [1.807, 2.05) is 0 Å². The Balaban J connectivity index is 1.48. The normalized spacial score (nSPS) is 22.8. The molecule has 0 spiro atoms. The second-order valence-electron chi connectivity index (χ2n) is 8.29. The molecule has 8 heteroatoms. The number of carbonyl (C=O) groups is 1. The standard InChI is InChI=1S/C22H24Cl2N2O3S/c1-30(28,29)26(20-4-2-3-18(23)21(20)24)13-14-5-8-16(9-6-14)22(27)25-19-12-15-7-10-17(19)11-15/h2-6,8-9,15,17,19H,7,10-13H2,1H3,(H,25,27)/t15-,17-,19+/m0/s1. The average Bonchev–Trinajstić information content (AvgIpc) is 3.31. The molecule has 2 saturated carbocycles. The third kappa shape index (κ3) is 4.46. The molecule has 1 N–H and O–H groups in total. The Morgan fingerprint density at radius 1 is 1.10 bits per heavy atom. The molecule has 3 atom stereocenters. The van der Waals surface area contributed by atoms with Gasteiger partial charge in [-0.1, -0.05) is 47.8 Å². The van der Waals surface area contributed by atoms with Crippen LogP contribution in [0.4, 0.5) is 5.69 Å². The Kier molecular flexibility index (Phi) is 6.02. The number of rotatable bonds is 6. The van der Waals surface area contributed by atoms with E-state index in [9.17, 15) is 13.2 Å². The number of carbonyl (C=O) groups excluding carboxylic acids is 1. The zero-order valence-electron chi connectivity index (χ0n) is 16.6. The van der Waals surface area contributed by atoms with Gasteiger partial charge < -0.3 is 5.32 Å². The Labute approximate surface area is 187 Å². The number of sulfonamides is 1. The van der Waals surface area contributed by atoms with E-state index in [-0.39, 0.29) is 28.5 Å². The predicted molar refractivity (Wildman–Crippen MR) is 121 cm³/mol. The highest BCUT2D eigenvalue weighted by Gasteiger charge is 2.40. The van der Waals surface area contributed by atoms with Crippen molar-refractivity contribution in [2.24, 2.45) is 11.8 Å². The molecule has 0 aromatic heterocycles. The Morgan fingerprint density at radius 2 is 1.83 bits per heavy atom. The summed E-state index contributed by atoms with van der Waals surface area (Å²) in [5.74, 6) is 1.31. The lowest BCUT2D eigenvalue weighted by atomic mass is 9.95. The first-order valence-corrected chi connectivity index (χ1v) is 12.6. The molecule has 0 radical (unpaired) electrons. The molecule has 2 aliphatic rings. The molecule has 160 valence electrons. The monoisotopic (exact) mass is 466 g/mol. The van der Waals surface area contributed by atoms with E-state index in [0.717, 1.165) is 24.2 Å². The number of halogens is 2. The highest BCUT2D eigenvalue weighted by molar-refractivity contribution is 7.92. The summed E-state index contributed by atoms with van der Waals surface area (Å²) in [4.78, 5) is 12.6. The first-order chi connectivity index (χ1) is 14.2. The van der Waals surface area contributed by atoms with Crippen LogP contribution in [0.25, 0.3) is 0 Å². The maximum absolute atomic E-state index is 12.6. The first kappa shape index (κ1) is 21.5. The largest absolute Gasteiger partial charge is 0.349 e. The molecular weight excluding hydrogens is 443 g/mol. The number of amides is 1. The van der Waals surface area contributed by atoms with Gasteiger partial charge in [0, 0.05) is 11.6 Å². The number of fused-ring (bicyclic) bond motifs is 2. The van der Waals surface area contributed by atoms with Crippen molar-refractivity contribution in [2.45, 2.75) is 38.3 Å². The van der Waals surface area contributed by atoms with Crippen molar-refractivity contribution in [3.8, 4) is 0 Å². The number of nitrogens with one attached hydrogen (secondary N) is 1. The zero-order valence-corrected chi connectivity index (χ0v) is 19.0. The summed E-state index contributed by atoms with van der Waals surface area (Å²) >= 11 is 12.3. The van der Waals surface area contributed by atoms with Gasteiger partial charge in [0.15, 0.2) is 0 Å². The minimum atomic E-state index is -3.59. The fraction of sp³-hybridized carbons (Fsp3) is 0.409. The van der Waals surface area contributed by atoms with E-state index < -0.39 is 10.0 Å². The van der Waals surface area contributed by atoms with Crippen molar-refractivity contribution in [3.05, 3.63) is 63.6 Å². The minimum Gasteiger partial charge on any atom is -0.349 e. The van der Waals surface area contributed by atoms with Crippen LogP contribution in [0, 0.1) is 11.8 Å². The summed E-state index contributed by atoms with van der Waals surface area (Å²) in [6.07, 6.45) is 5.94. The van der Waals surface area contributed by atoms with Crippen LogP contribution in [0.5, 0.6) is 0 Å². The predicted octanol–water partition coefficient (Wildman–Crippen LogP) is 4.88. The number of benzene rings is 2. The number of hydrogen-bond donors (Lipinski definition) is 1. The Bertz CT molecular complexity index is 1060. The molecular formula is C22H24Cl2N2O3S. The maximum atomic E-state index is 12.6. The van der Waals surface area contributed by atoms with Crippen molar-refractivity contribution in [2.75, 3.05) is 10.6 Å². The van der Waals surface area contributed by atoms with Crippen molar-refractivity contribution >= 4 is 44.8 Å². The van der Waals surface area contributed by atoms with Gasteiger partial charge in [0.2, 0.25) is 10.0 Å². The first-order valence-electron chi connectivity index (χ1n) is 10.0. The van der Waals surface area contributed by atoms with Crippen LogP contribution < -0.4 is 9.62 Å². The van der Waals surface area contributed by atoms with E-state index in [4.69, 9.17) is 23.2 Å². The Morgan fingerprint density at radius 3 is 2.43 bits per heavy atom.